The van der Waals surface area contributed by atoms with E-state index >= 15 is 0 Å². The molecule has 0 fully saturated rings. The van der Waals surface area contributed by atoms with Crippen LogP contribution in [-0.2, 0) is 0 Å². The molecule has 136 valence electrons. The monoisotopic (exact) mass is 356 g/mol. The molecule has 0 radical (unpaired) electrons. The number of urea groups is 1. The Kier molecular flexibility index (Phi) is 5.52. The SMILES string of the molecule is O=C(NCCNc1ccccc1[N+](=O)[O-])N[C@@H]1CCOc2ccccc21. The number of fused-ring (bicyclic) bond motifs is 1. The summed E-state index contributed by atoms with van der Waals surface area (Å²) in [6.07, 6.45) is 0.707. The van der Waals surface area contributed by atoms with Crippen LogP contribution in [0.4, 0.5) is 16.2 Å². The van der Waals surface area contributed by atoms with Crippen molar-refractivity contribution >= 4 is 17.4 Å². The lowest BCUT2D eigenvalue weighted by Crippen LogP contribution is -2.41. The first kappa shape index (κ1) is 17.5. The number of nitro groups is 1. The summed E-state index contributed by atoms with van der Waals surface area (Å²) in [6, 6.07) is 13.7. The first-order valence-electron chi connectivity index (χ1n) is 8.38. The molecule has 2 aromatic carbocycles. The molecule has 0 spiro atoms. The maximum Gasteiger partial charge on any atom is 0.315 e. The number of benzene rings is 2. The summed E-state index contributed by atoms with van der Waals surface area (Å²) in [5, 5.41) is 19.6. The van der Waals surface area contributed by atoms with Gasteiger partial charge in [-0.1, -0.05) is 30.3 Å². The summed E-state index contributed by atoms with van der Waals surface area (Å²) < 4.78 is 5.58. The van der Waals surface area contributed by atoms with Gasteiger partial charge in [0.15, 0.2) is 0 Å². The Morgan fingerprint density at radius 3 is 2.77 bits per heavy atom. The zero-order valence-electron chi connectivity index (χ0n) is 14.1. The van der Waals surface area contributed by atoms with Crippen LogP contribution in [0.3, 0.4) is 0 Å². The van der Waals surface area contributed by atoms with Crippen LogP contribution < -0.4 is 20.7 Å². The highest BCUT2D eigenvalue weighted by molar-refractivity contribution is 5.74. The Balaban J connectivity index is 1.47. The van der Waals surface area contributed by atoms with Crippen LogP contribution in [0.2, 0.25) is 0 Å². The maximum absolute atomic E-state index is 12.1. The zero-order valence-corrected chi connectivity index (χ0v) is 14.1. The Labute approximate surface area is 150 Å². The lowest BCUT2D eigenvalue weighted by atomic mass is 10.0. The number of carbonyl (C=O) groups excluding carboxylic acids is 1. The van der Waals surface area contributed by atoms with E-state index in [9.17, 15) is 14.9 Å². The number of rotatable bonds is 6. The highest BCUT2D eigenvalue weighted by Gasteiger charge is 2.22. The van der Waals surface area contributed by atoms with E-state index in [1.54, 1.807) is 18.2 Å². The van der Waals surface area contributed by atoms with Crippen molar-refractivity contribution in [2.24, 2.45) is 0 Å². The van der Waals surface area contributed by atoms with Crippen molar-refractivity contribution in [3.63, 3.8) is 0 Å². The molecule has 1 heterocycles. The van der Waals surface area contributed by atoms with Crippen molar-refractivity contribution in [3.05, 3.63) is 64.2 Å². The van der Waals surface area contributed by atoms with Gasteiger partial charge < -0.3 is 20.7 Å². The number of nitrogens with one attached hydrogen (secondary N) is 3. The van der Waals surface area contributed by atoms with Crippen LogP contribution in [0.5, 0.6) is 5.75 Å². The van der Waals surface area contributed by atoms with Gasteiger partial charge in [0.05, 0.1) is 17.6 Å². The van der Waals surface area contributed by atoms with E-state index in [-0.39, 0.29) is 17.8 Å². The Morgan fingerprint density at radius 2 is 1.92 bits per heavy atom. The number of carbonyl (C=O) groups is 1. The number of para-hydroxylation sites is 3. The number of hydrogen-bond acceptors (Lipinski definition) is 5. The van der Waals surface area contributed by atoms with Gasteiger partial charge in [0, 0.05) is 31.1 Å². The third-order valence-electron chi connectivity index (χ3n) is 4.09. The quantitative estimate of drug-likeness (QED) is 0.419. The number of anilines is 1. The van der Waals surface area contributed by atoms with Crippen molar-refractivity contribution < 1.29 is 14.5 Å². The summed E-state index contributed by atoms with van der Waals surface area (Å²) >= 11 is 0. The molecule has 0 aromatic heterocycles. The number of ether oxygens (including phenoxy) is 1. The average molecular weight is 356 g/mol. The van der Waals surface area contributed by atoms with Gasteiger partial charge in [-0.15, -0.1) is 0 Å². The molecule has 2 amide bonds. The lowest BCUT2D eigenvalue weighted by molar-refractivity contribution is -0.384. The van der Waals surface area contributed by atoms with E-state index in [2.05, 4.69) is 16.0 Å². The summed E-state index contributed by atoms with van der Waals surface area (Å²) in [4.78, 5) is 22.6. The summed E-state index contributed by atoms with van der Waals surface area (Å²) in [5.41, 5.74) is 1.40. The van der Waals surface area contributed by atoms with Crippen LogP contribution in [0, 0.1) is 10.1 Å². The maximum atomic E-state index is 12.1. The van der Waals surface area contributed by atoms with E-state index in [0.29, 0.717) is 31.8 Å². The van der Waals surface area contributed by atoms with E-state index in [1.165, 1.54) is 6.07 Å². The van der Waals surface area contributed by atoms with Crippen molar-refractivity contribution in [3.8, 4) is 5.75 Å². The first-order valence-corrected chi connectivity index (χ1v) is 8.38. The van der Waals surface area contributed by atoms with Crippen LogP contribution >= 0.6 is 0 Å². The Morgan fingerprint density at radius 1 is 1.15 bits per heavy atom. The number of nitro benzene ring substituents is 1. The molecule has 2 aromatic rings. The Bertz CT molecular complexity index is 796. The zero-order chi connectivity index (χ0) is 18.4. The molecular formula is C18H20N4O4. The van der Waals surface area contributed by atoms with Crippen molar-refractivity contribution in [2.45, 2.75) is 12.5 Å². The summed E-state index contributed by atoms with van der Waals surface area (Å²) in [7, 11) is 0. The van der Waals surface area contributed by atoms with E-state index < -0.39 is 4.92 Å². The van der Waals surface area contributed by atoms with Crippen LogP contribution in [0.25, 0.3) is 0 Å². The summed E-state index contributed by atoms with van der Waals surface area (Å²) in [6.45, 7) is 1.27. The molecule has 0 bridgehead atoms. The molecule has 8 nitrogen and oxygen atoms in total. The largest absolute Gasteiger partial charge is 0.493 e. The second kappa shape index (κ2) is 8.19. The van der Waals surface area contributed by atoms with Gasteiger partial charge in [0.1, 0.15) is 11.4 Å². The fourth-order valence-electron chi connectivity index (χ4n) is 2.86. The van der Waals surface area contributed by atoms with Gasteiger partial charge in [0.25, 0.3) is 5.69 Å². The minimum atomic E-state index is -0.439. The molecule has 26 heavy (non-hydrogen) atoms. The molecule has 8 heteroatoms. The van der Waals surface area contributed by atoms with Crippen molar-refractivity contribution in [1.82, 2.24) is 10.6 Å². The first-order chi connectivity index (χ1) is 12.6. The predicted molar refractivity (Wildman–Crippen MR) is 97.4 cm³/mol. The molecular weight excluding hydrogens is 336 g/mol. The van der Waals surface area contributed by atoms with Gasteiger partial charge in [-0.05, 0) is 12.1 Å². The second-order valence-corrected chi connectivity index (χ2v) is 5.83. The molecule has 1 aliphatic heterocycles. The minimum Gasteiger partial charge on any atom is -0.493 e. The van der Waals surface area contributed by atoms with Gasteiger partial charge in [0.2, 0.25) is 0 Å². The molecule has 3 rings (SSSR count). The summed E-state index contributed by atoms with van der Waals surface area (Å²) in [5.74, 6) is 0.794. The second-order valence-electron chi connectivity index (χ2n) is 5.83. The third kappa shape index (κ3) is 4.21. The van der Waals surface area contributed by atoms with Crippen LogP contribution in [0.15, 0.2) is 48.5 Å². The Hall–Kier alpha value is -3.29. The molecule has 1 atom stereocenters. The number of amides is 2. The van der Waals surface area contributed by atoms with Gasteiger partial charge in [-0.3, -0.25) is 10.1 Å². The van der Waals surface area contributed by atoms with Crippen molar-refractivity contribution in [2.75, 3.05) is 25.0 Å². The number of nitrogens with zero attached hydrogens (tertiary/aromatic N) is 1. The van der Waals surface area contributed by atoms with Crippen LogP contribution in [-0.4, -0.2) is 30.7 Å². The minimum absolute atomic E-state index is 0.00997. The number of hydrogen-bond donors (Lipinski definition) is 3. The standard InChI is InChI=1S/C18H20N4O4/c23-18(21-14-9-12-26-17-8-4-1-5-13(14)17)20-11-10-19-15-6-2-3-7-16(15)22(24)25/h1-8,14,19H,9-12H2,(H2,20,21,23)/t14-/m1/s1. The lowest BCUT2D eigenvalue weighted by Gasteiger charge is -2.26. The smallest absolute Gasteiger partial charge is 0.315 e. The van der Waals surface area contributed by atoms with Crippen molar-refractivity contribution in [1.29, 1.82) is 0 Å². The fourth-order valence-corrected chi connectivity index (χ4v) is 2.86. The third-order valence-corrected chi connectivity index (χ3v) is 4.09. The molecule has 1 aliphatic rings. The molecule has 0 aliphatic carbocycles. The predicted octanol–water partition coefficient (Wildman–Crippen LogP) is 2.83. The molecule has 3 N–H and O–H groups in total. The van der Waals surface area contributed by atoms with Gasteiger partial charge in [-0.2, -0.15) is 0 Å². The van der Waals surface area contributed by atoms with Gasteiger partial charge in [-0.25, -0.2) is 4.79 Å². The molecule has 0 saturated heterocycles. The highest BCUT2D eigenvalue weighted by Crippen LogP contribution is 2.31. The average Bonchev–Trinajstić information content (AvgIpc) is 2.66. The fraction of sp³-hybridized carbons (Fsp3) is 0.278. The molecule has 0 saturated carbocycles. The normalized spacial score (nSPS) is 15.3. The van der Waals surface area contributed by atoms with Crippen LogP contribution in [0.1, 0.15) is 18.0 Å². The van der Waals surface area contributed by atoms with E-state index in [4.69, 9.17) is 4.74 Å². The topological polar surface area (TPSA) is 106 Å². The van der Waals surface area contributed by atoms with E-state index in [0.717, 1.165) is 11.3 Å². The molecule has 0 unspecified atom stereocenters. The van der Waals surface area contributed by atoms with E-state index in [1.807, 2.05) is 24.3 Å². The highest BCUT2D eigenvalue weighted by atomic mass is 16.6. The van der Waals surface area contributed by atoms with Gasteiger partial charge >= 0.3 is 6.03 Å².